The van der Waals surface area contributed by atoms with Crippen molar-refractivity contribution in [3.8, 4) is 11.5 Å². The fourth-order valence-corrected chi connectivity index (χ4v) is 3.78. The van der Waals surface area contributed by atoms with Gasteiger partial charge in [-0.2, -0.15) is 0 Å². The van der Waals surface area contributed by atoms with Crippen LogP contribution in [0.15, 0.2) is 54.3 Å². The zero-order valence-electron chi connectivity index (χ0n) is 14.3. The number of ether oxygens (including phenoxy) is 4. The van der Waals surface area contributed by atoms with E-state index in [1.165, 1.54) is 0 Å². The standard InChI is InChI=1S/C20H20O5/c1-4-5-14-10-20(22-3)12(2)19(25-18(20)9-15(14)21)13-6-7-16-17(8-13)24-11-23-16/h4,6-10,12,19H,1,5,11H2,2-3H3/t12-,19-,20+/m1/s1. The van der Waals surface area contributed by atoms with Crippen molar-refractivity contribution in [1.29, 1.82) is 0 Å². The highest BCUT2D eigenvalue weighted by molar-refractivity contribution is 6.06. The number of fused-ring (bicyclic) bond motifs is 2. The number of hydrogen-bond donors (Lipinski definition) is 0. The molecule has 25 heavy (non-hydrogen) atoms. The molecule has 0 N–H and O–H groups in total. The Hall–Kier alpha value is -2.53. The fraction of sp³-hybridized carbons (Fsp3) is 0.350. The van der Waals surface area contributed by atoms with Gasteiger partial charge >= 0.3 is 0 Å². The van der Waals surface area contributed by atoms with Crippen molar-refractivity contribution in [2.75, 3.05) is 13.9 Å². The maximum Gasteiger partial charge on any atom is 0.231 e. The number of ketones is 1. The lowest BCUT2D eigenvalue weighted by molar-refractivity contribution is -0.112. The molecule has 0 aromatic heterocycles. The van der Waals surface area contributed by atoms with Crippen LogP contribution in [0.4, 0.5) is 0 Å². The first-order chi connectivity index (χ1) is 12.1. The minimum Gasteiger partial charge on any atom is -0.486 e. The van der Waals surface area contributed by atoms with E-state index in [9.17, 15) is 4.79 Å². The summed E-state index contributed by atoms with van der Waals surface area (Å²) in [6, 6.07) is 5.78. The molecule has 1 saturated heterocycles. The maximum absolute atomic E-state index is 12.3. The van der Waals surface area contributed by atoms with Gasteiger partial charge in [0.2, 0.25) is 6.79 Å². The third-order valence-electron chi connectivity index (χ3n) is 5.16. The van der Waals surface area contributed by atoms with Crippen molar-refractivity contribution in [3.05, 3.63) is 59.9 Å². The van der Waals surface area contributed by atoms with Crippen molar-refractivity contribution in [3.63, 3.8) is 0 Å². The number of carbonyl (C=O) groups excluding carboxylic acids is 1. The fourth-order valence-electron chi connectivity index (χ4n) is 3.78. The van der Waals surface area contributed by atoms with Crippen LogP contribution in [0.1, 0.15) is 25.0 Å². The van der Waals surface area contributed by atoms with E-state index in [0.717, 1.165) is 11.3 Å². The quantitative estimate of drug-likeness (QED) is 0.786. The summed E-state index contributed by atoms with van der Waals surface area (Å²) >= 11 is 0. The van der Waals surface area contributed by atoms with Crippen LogP contribution in [0.5, 0.6) is 11.5 Å². The average molecular weight is 340 g/mol. The molecule has 1 aromatic carbocycles. The van der Waals surface area contributed by atoms with E-state index in [1.54, 1.807) is 19.3 Å². The molecule has 5 nitrogen and oxygen atoms in total. The molecule has 0 spiro atoms. The number of rotatable bonds is 4. The van der Waals surface area contributed by atoms with Crippen LogP contribution < -0.4 is 9.47 Å². The van der Waals surface area contributed by atoms with E-state index in [2.05, 4.69) is 13.5 Å². The van der Waals surface area contributed by atoms with E-state index < -0.39 is 5.60 Å². The molecule has 3 atom stereocenters. The van der Waals surface area contributed by atoms with Gasteiger partial charge in [0, 0.05) is 24.7 Å². The van der Waals surface area contributed by atoms with Gasteiger partial charge in [0.15, 0.2) is 17.3 Å². The maximum atomic E-state index is 12.3. The summed E-state index contributed by atoms with van der Waals surface area (Å²) in [5.74, 6) is 1.93. The minimum atomic E-state index is -0.743. The van der Waals surface area contributed by atoms with Crippen LogP contribution in [-0.2, 0) is 14.3 Å². The summed E-state index contributed by atoms with van der Waals surface area (Å²) in [5.41, 5.74) is 0.907. The van der Waals surface area contributed by atoms with Gasteiger partial charge in [0.25, 0.3) is 0 Å². The predicted molar refractivity (Wildman–Crippen MR) is 91.3 cm³/mol. The first-order valence-corrected chi connectivity index (χ1v) is 8.29. The molecule has 0 amide bonds. The smallest absolute Gasteiger partial charge is 0.231 e. The second kappa shape index (κ2) is 5.77. The lowest BCUT2D eigenvalue weighted by Crippen LogP contribution is -2.38. The number of hydrogen-bond acceptors (Lipinski definition) is 5. The van der Waals surface area contributed by atoms with E-state index in [4.69, 9.17) is 18.9 Å². The molecule has 130 valence electrons. The molecular formula is C20H20O5. The van der Waals surface area contributed by atoms with Crippen LogP contribution in [0, 0.1) is 5.92 Å². The zero-order valence-corrected chi connectivity index (χ0v) is 14.3. The van der Waals surface area contributed by atoms with Crippen LogP contribution >= 0.6 is 0 Å². The van der Waals surface area contributed by atoms with Crippen molar-refractivity contribution in [1.82, 2.24) is 0 Å². The molecule has 2 aliphatic heterocycles. The van der Waals surface area contributed by atoms with Gasteiger partial charge in [-0.25, -0.2) is 0 Å². The first-order valence-electron chi connectivity index (χ1n) is 8.29. The number of methoxy groups -OCH3 is 1. The molecule has 2 heterocycles. The first kappa shape index (κ1) is 16.0. The summed E-state index contributed by atoms with van der Waals surface area (Å²) in [6.45, 7) is 6.02. The molecule has 4 rings (SSSR count). The number of benzene rings is 1. The zero-order chi connectivity index (χ0) is 17.6. The molecule has 1 aromatic rings. The normalized spacial score (nSPS) is 29.6. The van der Waals surface area contributed by atoms with Gasteiger partial charge < -0.3 is 18.9 Å². The van der Waals surface area contributed by atoms with Crippen molar-refractivity contribution in [2.45, 2.75) is 25.0 Å². The molecule has 0 radical (unpaired) electrons. The Morgan fingerprint density at radius 1 is 1.36 bits per heavy atom. The Morgan fingerprint density at radius 2 is 2.16 bits per heavy atom. The molecule has 3 aliphatic rings. The summed E-state index contributed by atoms with van der Waals surface area (Å²) in [5, 5.41) is 0. The number of carbonyl (C=O) groups is 1. The molecule has 0 saturated carbocycles. The molecular weight excluding hydrogens is 320 g/mol. The summed E-state index contributed by atoms with van der Waals surface area (Å²) in [7, 11) is 1.65. The van der Waals surface area contributed by atoms with E-state index in [0.29, 0.717) is 23.5 Å². The van der Waals surface area contributed by atoms with Crippen molar-refractivity contribution >= 4 is 5.78 Å². The number of allylic oxidation sites excluding steroid dienone is 3. The molecule has 0 unspecified atom stereocenters. The van der Waals surface area contributed by atoms with Gasteiger partial charge in [-0.1, -0.05) is 19.1 Å². The minimum absolute atomic E-state index is 0.0166. The average Bonchev–Trinajstić information content (AvgIpc) is 3.18. The highest BCUT2D eigenvalue weighted by Crippen LogP contribution is 2.52. The highest BCUT2D eigenvalue weighted by Gasteiger charge is 2.53. The molecule has 5 heteroatoms. The Bertz CT molecular complexity index is 806. The second-order valence-corrected chi connectivity index (χ2v) is 6.47. The predicted octanol–water partition coefficient (Wildman–Crippen LogP) is 3.48. The third-order valence-corrected chi connectivity index (χ3v) is 5.16. The van der Waals surface area contributed by atoms with Gasteiger partial charge in [-0.05, 0) is 30.2 Å². The second-order valence-electron chi connectivity index (χ2n) is 6.47. The van der Waals surface area contributed by atoms with Gasteiger partial charge in [0.1, 0.15) is 17.5 Å². The lowest BCUT2D eigenvalue weighted by atomic mass is 9.78. The van der Waals surface area contributed by atoms with Crippen LogP contribution in [0.2, 0.25) is 0 Å². The van der Waals surface area contributed by atoms with Gasteiger partial charge in [-0.3, -0.25) is 4.79 Å². The Kier molecular flexibility index (Phi) is 3.69. The van der Waals surface area contributed by atoms with Crippen LogP contribution in [-0.4, -0.2) is 25.3 Å². The topological polar surface area (TPSA) is 54.0 Å². The summed E-state index contributed by atoms with van der Waals surface area (Å²) in [4.78, 5) is 12.3. The molecule has 1 aliphatic carbocycles. The van der Waals surface area contributed by atoms with Crippen molar-refractivity contribution in [2.24, 2.45) is 5.92 Å². The highest BCUT2D eigenvalue weighted by atomic mass is 16.7. The monoisotopic (exact) mass is 340 g/mol. The molecule has 1 fully saturated rings. The molecule has 0 bridgehead atoms. The third kappa shape index (κ3) is 2.30. The Labute approximate surface area is 146 Å². The van der Waals surface area contributed by atoms with Gasteiger partial charge in [-0.15, -0.1) is 6.58 Å². The van der Waals surface area contributed by atoms with Crippen LogP contribution in [0.25, 0.3) is 0 Å². The van der Waals surface area contributed by atoms with E-state index >= 15 is 0 Å². The van der Waals surface area contributed by atoms with Crippen molar-refractivity contribution < 1.29 is 23.7 Å². The lowest BCUT2D eigenvalue weighted by Gasteiger charge is -2.31. The van der Waals surface area contributed by atoms with Crippen LogP contribution in [0.3, 0.4) is 0 Å². The summed E-state index contributed by atoms with van der Waals surface area (Å²) < 4.78 is 22.9. The largest absolute Gasteiger partial charge is 0.486 e. The Balaban J connectivity index is 1.74. The van der Waals surface area contributed by atoms with E-state index in [-0.39, 0.29) is 24.6 Å². The van der Waals surface area contributed by atoms with Gasteiger partial charge in [0.05, 0.1) is 0 Å². The SMILES string of the molecule is C=CCC1=C[C@@]2(OC)C(=CC1=O)O[C@@H](c1ccc3c(c1)OCO3)[C@H]2C. The Morgan fingerprint density at radius 3 is 2.92 bits per heavy atom. The van der Waals surface area contributed by atoms with E-state index in [1.807, 2.05) is 24.3 Å². The summed E-state index contributed by atoms with van der Waals surface area (Å²) in [6.07, 6.45) is 5.43.